The number of hydrogen-bond donors (Lipinski definition) is 0. The normalized spacial score (nSPS) is 11.6. The Morgan fingerprint density at radius 2 is 1.70 bits per heavy atom. The van der Waals surface area contributed by atoms with Gasteiger partial charge in [0.25, 0.3) is 0 Å². The zero-order chi connectivity index (χ0) is 23.8. The minimum atomic E-state index is -4.47. The van der Waals surface area contributed by atoms with Crippen molar-refractivity contribution in [1.29, 1.82) is 0 Å². The Kier molecular flexibility index (Phi) is 5.75. The molecular weight excluding hydrogens is 435 g/mol. The number of aromatic nitrogens is 5. The molecule has 0 unspecified atom stereocenters. The molecule has 33 heavy (non-hydrogen) atoms. The molecule has 0 N–H and O–H groups in total. The lowest BCUT2D eigenvalue weighted by atomic mass is 9.98. The largest absolute Gasteiger partial charge is 0.473 e. The first-order chi connectivity index (χ1) is 15.7. The smallest absolute Gasteiger partial charge is 0.417 e. The third-order valence-electron chi connectivity index (χ3n) is 5.28. The van der Waals surface area contributed by atoms with Crippen LogP contribution in [0.3, 0.4) is 0 Å². The van der Waals surface area contributed by atoms with Gasteiger partial charge in [-0.2, -0.15) is 22.5 Å². The van der Waals surface area contributed by atoms with Crippen molar-refractivity contribution in [3.8, 4) is 22.7 Å². The number of nitrogens with zero attached hydrogens (tertiary/aromatic N) is 5. The first-order valence-electron chi connectivity index (χ1n) is 10.0. The Labute approximate surface area is 187 Å². The van der Waals surface area contributed by atoms with E-state index in [1.165, 1.54) is 29.9 Å². The maximum absolute atomic E-state index is 13.4. The van der Waals surface area contributed by atoms with Crippen molar-refractivity contribution in [2.24, 2.45) is 7.05 Å². The second kappa shape index (κ2) is 8.53. The molecule has 0 fully saturated rings. The second-order valence-electron chi connectivity index (χ2n) is 7.48. The molecule has 0 bridgehead atoms. The summed E-state index contributed by atoms with van der Waals surface area (Å²) in [6.07, 6.45) is -4.47. The lowest BCUT2D eigenvalue weighted by molar-refractivity contribution is -0.137. The van der Waals surface area contributed by atoms with Crippen LogP contribution in [0, 0.1) is 13.8 Å². The molecule has 0 atom stereocenters. The summed E-state index contributed by atoms with van der Waals surface area (Å²) >= 11 is 0. The van der Waals surface area contributed by atoms with Gasteiger partial charge in [0.15, 0.2) is 0 Å². The highest BCUT2D eigenvalue weighted by molar-refractivity contribution is 5.70. The van der Waals surface area contributed by atoms with Crippen molar-refractivity contribution < 1.29 is 17.9 Å². The monoisotopic (exact) mass is 455 g/mol. The Bertz CT molecular complexity index is 1380. The average molecular weight is 455 g/mol. The van der Waals surface area contributed by atoms with Gasteiger partial charge in [0, 0.05) is 29.9 Å². The fourth-order valence-corrected chi connectivity index (χ4v) is 3.55. The molecule has 7 nitrogen and oxygen atoms in total. The number of benzene rings is 2. The van der Waals surface area contributed by atoms with Crippen LogP contribution in [-0.2, 0) is 19.8 Å². The fourth-order valence-electron chi connectivity index (χ4n) is 3.55. The lowest BCUT2D eigenvalue weighted by Crippen LogP contribution is -2.23. The van der Waals surface area contributed by atoms with Gasteiger partial charge >= 0.3 is 11.9 Å². The molecule has 0 aliphatic carbocycles. The standard InChI is InChI=1S/C23H20F3N5O2/c1-14-7-6-10-20(31-22(32)30(3)28-29-31)18(14)13-33-21-12-11-16(15(2)27-21)17-8-4-5-9-19(17)23(24,25)26/h4-12H,13H2,1-3H3. The minimum absolute atomic E-state index is 0.0600. The molecule has 170 valence electrons. The average Bonchev–Trinajstić information content (AvgIpc) is 3.10. The van der Waals surface area contributed by atoms with E-state index in [4.69, 9.17) is 4.74 Å². The summed E-state index contributed by atoms with van der Waals surface area (Å²) in [5.41, 5.74) is 1.83. The number of hydrogen-bond acceptors (Lipinski definition) is 5. The maximum Gasteiger partial charge on any atom is 0.417 e. The van der Waals surface area contributed by atoms with Crippen LogP contribution in [0.4, 0.5) is 13.2 Å². The molecule has 10 heteroatoms. The van der Waals surface area contributed by atoms with Crippen LogP contribution < -0.4 is 10.4 Å². The molecule has 2 aromatic heterocycles. The second-order valence-corrected chi connectivity index (χ2v) is 7.48. The SMILES string of the molecule is Cc1cccc(-n2nnn(C)c2=O)c1COc1ccc(-c2ccccc2C(F)(F)F)c(C)n1. The van der Waals surface area contributed by atoms with Gasteiger partial charge < -0.3 is 4.74 Å². The maximum atomic E-state index is 13.4. The summed E-state index contributed by atoms with van der Waals surface area (Å²) in [5.74, 6) is 0.251. The molecule has 0 saturated carbocycles. The van der Waals surface area contributed by atoms with Crippen molar-refractivity contribution in [1.82, 2.24) is 24.8 Å². The van der Waals surface area contributed by atoms with E-state index in [9.17, 15) is 18.0 Å². The molecule has 0 amide bonds. The van der Waals surface area contributed by atoms with Gasteiger partial charge in [-0.1, -0.05) is 30.3 Å². The molecule has 0 aliphatic heterocycles. The van der Waals surface area contributed by atoms with Crippen LogP contribution in [0.15, 0.2) is 59.4 Å². The van der Waals surface area contributed by atoms with Crippen molar-refractivity contribution in [2.45, 2.75) is 26.6 Å². The Morgan fingerprint density at radius 1 is 0.939 bits per heavy atom. The Balaban J connectivity index is 1.63. The zero-order valence-corrected chi connectivity index (χ0v) is 18.1. The van der Waals surface area contributed by atoms with Gasteiger partial charge in [0.2, 0.25) is 5.88 Å². The summed E-state index contributed by atoms with van der Waals surface area (Å²) < 4.78 is 48.4. The van der Waals surface area contributed by atoms with Gasteiger partial charge in [0.05, 0.1) is 11.3 Å². The van der Waals surface area contributed by atoms with Crippen molar-refractivity contribution in [3.05, 3.63) is 87.5 Å². The van der Waals surface area contributed by atoms with Gasteiger partial charge in [0.1, 0.15) is 6.61 Å². The fraction of sp³-hybridized carbons (Fsp3) is 0.217. The third kappa shape index (κ3) is 4.36. The van der Waals surface area contributed by atoms with Crippen LogP contribution in [0.2, 0.25) is 0 Å². The van der Waals surface area contributed by atoms with E-state index in [0.717, 1.165) is 16.3 Å². The van der Waals surface area contributed by atoms with E-state index in [0.29, 0.717) is 22.5 Å². The summed E-state index contributed by atoms with van der Waals surface area (Å²) in [4.78, 5) is 16.6. The molecule has 2 heterocycles. The van der Waals surface area contributed by atoms with Crippen molar-refractivity contribution in [2.75, 3.05) is 0 Å². The predicted molar refractivity (Wildman–Crippen MR) is 115 cm³/mol. The van der Waals surface area contributed by atoms with E-state index >= 15 is 0 Å². The van der Waals surface area contributed by atoms with Crippen LogP contribution in [0.5, 0.6) is 5.88 Å². The Morgan fingerprint density at radius 3 is 2.36 bits per heavy atom. The van der Waals surface area contributed by atoms with E-state index in [1.54, 1.807) is 31.2 Å². The Hall–Kier alpha value is -3.95. The van der Waals surface area contributed by atoms with Crippen LogP contribution in [-0.4, -0.2) is 24.8 Å². The molecule has 4 aromatic rings. The minimum Gasteiger partial charge on any atom is -0.473 e. The highest BCUT2D eigenvalue weighted by Gasteiger charge is 2.33. The molecule has 2 aromatic carbocycles. The van der Waals surface area contributed by atoms with Gasteiger partial charge in [-0.25, -0.2) is 9.78 Å². The van der Waals surface area contributed by atoms with E-state index in [1.807, 2.05) is 13.0 Å². The van der Waals surface area contributed by atoms with Crippen LogP contribution in [0.1, 0.15) is 22.4 Å². The number of pyridine rings is 1. The number of aryl methyl sites for hydroxylation is 3. The number of rotatable bonds is 5. The number of alkyl halides is 3. The topological polar surface area (TPSA) is 74.8 Å². The number of ether oxygens (including phenoxy) is 1. The quantitative estimate of drug-likeness (QED) is 0.450. The molecule has 0 saturated heterocycles. The van der Waals surface area contributed by atoms with Gasteiger partial charge in [-0.3, -0.25) is 0 Å². The highest BCUT2D eigenvalue weighted by Crippen LogP contribution is 2.38. The first kappa shape index (κ1) is 22.3. The van der Waals surface area contributed by atoms with Crippen molar-refractivity contribution >= 4 is 0 Å². The first-order valence-corrected chi connectivity index (χ1v) is 10.0. The summed E-state index contributed by atoms with van der Waals surface area (Å²) in [5, 5.41) is 7.62. The molecule has 4 rings (SSSR count). The van der Waals surface area contributed by atoms with Crippen LogP contribution >= 0.6 is 0 Å². The van der Waals surface area contributed by atoms with E-state index < -0.39 is 17.4 Å². The van der Waals surface area contributed by atoms with Crippen molar-refractivity contribution in [3.63, 3.8) is 0 Å². The van der Waals surface area contributed by atoms with Crippen LogP contribution in [0.25, 0.3) is 16.8 Å². The molecule has 0 radical (unpaired) electrons. The molecule has 0 spiro atoms. The van der Waals surface area contributed by atoms with Gasteiger partial charge in [-0.05, 0) is 53.6 Å². The van der Waals surface area contributed by atoms with E-state index in [-0.39, 0.29) is 18.1 Å². The lowest BCUT2D eigenvalue weighted by Gasteiger charge is -2.16. The summed E-state index contributed by atoms with van der Waals surface area (Å²) in [6.45, 7) is 3.59. The van der Waals surface area contributed by atoms with E-state index in [2.05, 4.69) is 15.4 Å². The molecular formula is C23H20F3N5O2. The number of tetrazole rings is 1. The predicted octanol–water partition coefficient (Wildman–Crippen LogP) is 4.24. The van der Waals surface area contributed by atoms with Gasteiger partial charge in [-0.15, -0.1) is 0 Å². The molecule has 0 aliphatic rings. The summed E-state index contributed by atoms with van der Waals surface area (Å²) in [7, 11) is 1.50. The summed E-state index contributed by atoms with van der Waals surface area (Å²) in [6, 6.07) is 13.9. The highest BCUT2D eigenvalue weighted by atomic mass is 19.4. The third-order valence-corrected chi connectivity index (χ3v) is 5.28. The zero-order valence-electron chi connectivity index (χ0n) is 18.1. The number of halogens is 3.